The van der Waals surface area contributed by atoms with Gasteiger partial charge in [-0.05, 0) is 25.1 Å². The Balaban J connectivity index is 2.98. The van der Waals surface area contributed by atoms with E-state index in [1.54, 1.807) is 18.2 Å². The lowest BCUT2D eigenvalue weighted by molar-refractivity contribution is 0.662. The maximum atomic E-state index is 5.95. The van der Waals surface area contributed by atoms with Gasteiger partial charge in [-0.3, -0.25) is 0 Å². The molecule has 13 heavy (non-hydrogen) atoms. The fourth-order valence-corrected chi connectivity index (χ4v) is 1.87. The van der Waals surface area contributed by atoms with Gasteiger partial charge in [0.25, 0.3) is 0 Å². The average molecular weight is 219 g/mol. The predicted octanol–water partition coefficient (Wildman–Crippen LogP) is 2.34. The van der Waals surface area contributed by atoms with Crippen molar-refractivity contribution in [2.24, 2.45) is 11.5 Å². The summed E-state index contributed by atoms with van der Waals surface area (Å²) >= 11 is 11.9. The van der Waals surface area contributed by atoms with Gasteiger partial charge in [-0.1, -0.05) is 29.3 Å². The third kappa shape index (κ3) is 2.58. The lowest BCUT2D eigenvalue weighted by atomic mass is 10.0. The fraction of sp³-hybridized carbons (Fsp3) is 0.333. The second-order valence-corrected chi connectivity index (χ2v) is 3.63. The number of hydrogen-bond donors (Lipinski definition) is 2. The maximum Gasteiger partial charge on any atom is 0.0468 e. The SMILES string of the molecule is NCC[C@H](N)c1c(Cl)cccc1Cl. The van der Waals surface area contributed by atoms with Crippen molar-refractivity contribution >= 4 is 23.2 Å². The molecule has 1 rings (SSSR count). The van der Waals surface area contributed by atoms with Crippen LogP contribution in [0.4, 0.5) is 0 Å². The first-order chi connectivity index (χ1) is 6.16. The monoisotopic (exact) mass is 218 g/mol. The second-order valence-electron chi connectivity index (χ2n) is 2.82. The van der Waals surface area contributed by atoms with Crippen LogP contribution in [0.2, 0.25) is 10.0 Å². The normalized spacial score (nSPS) is 12.9. The summed E-state index contributed by atoms with van der Waals surface area (Å²) in [6, 6.07) is 5.17. The van der Waals surface area contributed by atoms with E-state index >= 15 is 0 Å². The van der Waals surface area contributed by atoms with Crippen molar-refractivity contribution in [2.45, 2.75) is 12.5 Å². The minimum absolute atomic E-state index is 0.175. The minimum atomic E-state index is -0.175. The molecule has 0 unspecified atom stereocenters. The van der Waals surface area contributed by atoms with Gasteiger partial charge >= 0.3 is 0 Å². The van der Waals surface area contributed by atoms with Crippen molar-refractivity contribution in [3.05, 3.63) is 33.8 Å². The zero-order valence-corrected chi connectivity index (χ0v) is 8.65. The quantitative estimate of drug-likeness (QED) is 0.819. The molecule has 0 aliphatic carbocycles. The van der Waals surface area contributed by atoms with E-state index in [1.165, 1.54) is 0 Å². The Morgan fingerprint density at radius 2 is 1.77 bits per heavy atom. The summed E-state index contributed by atoms with van der Waals surface area (Å²) in [5, 5.41) is 1.21. The molecule has 0 amide bonds. The third-order valence-electron chi connectivity index (χ3n) is 1.85. The zero-order chi connectivity index (χ0) is 9.84. The molecular formula is C9H12Cl2N2. The lowest BCUT2D eigenvalue weighted by Crippen LogP contribution is -2.16. The Morgan fingerprint density at radius 1 is 1.23 bits per heavy atom. The highest BCUT2D eigenvalue weighted by Crippen LogP contribution is 2.30. The molecule has 1 atom stereocenters. The van der Waals surface area contributed by atoms with E-state index < -0.39 is 0 Å². The van der Waals surface area contributed by atoms with Crippen LogP contribution in [0.5, 0.6) is 0 Å². The van der Waals surface area contributed by atoms with Crippen LogP contribution >= 0.6 is 23.2 Å². The van der Waals surface area contributed by atoms with Gasteiger partial charge in [0, 0.05) is 21.7 Å². The van der Waals surface area contributed by atoms with E-state index in [0.717, 1.165) is 5.56 Å². The van der Waals surface area contributed by atoms with Gasteiger partial charge in [-0.25, -0.2) is 0 Å². The van der Waals surface area contributed by atoms with Crippen molar-refractivity contribution in [3.63, 3.8) is 0 Å². The van der Waals surface area contributed by atoms with Crippen molar-refractivity contribution in [3.8, 4) is 0 Å². The minimum Gasteiger partial charge on any atom is -0.330 e. The average Bonchev–Trinajstić information content (AvgIpc) is 2.04. The Labute approximate surface area is 87.8 Å². The molecule has 72 valence electrons. The van der Waals surface area contributed by atoms with E-state index in [-0.39, 0.29) is 6.04 Å². The molecular weight excluding hydrogens is 207 g/mol. The van der Waals surface area contributed by atoms with Gasteiger partial charge in [-0.2, -0.15) is 0 Å². The van der Waals surface area contributed by atoms with Crippen LogP contribution in [-0.4, -0.2) is 6.54 Å². The van der Waals surface area contributed by atoms with Gasteiger partial charge in [0.05, 0.1) is 0 Å². The largest absolute Gasteiger partial charge is 0.330 e. The maximum absolute atomic E-state index is 5.95. The van der Waals surface area contributed by atoms with Crippen LogP contribution in [0.25, 0.3) is 0 Å². The van der Waals surface area contributed by atoms with Gasteiger partial charge in [-0.15, -0.1) is 0 Å². The Kier molecular flexibility index (Phi) is 4.00. The molecule has 0 fully saturated rings. The third-order valence-corrected chi connectivity index (χ3v) is 2.51. The molecule has 0 bridgehead atoms. The van der Waals surface area contributed by atoms with Crippen molar-refractivity contribution in [2.75, 3.05) is 6.54 Å². The van der Waals surface area contributed by atoms with Gasteiger partial charge in [0.1, 0.15) is 0 Å². The molecule has 4 heteroatoms. The summed E-state index contributed by atoms with van der Waals surface area (Å²) < 4.78 is 0. The molecule has 0 saturated heterocycles. The number of halogens is 2. The zero-order valence-electron chi connectivity index (χ0n) is 7.13. The molecule has 0 radical (unpaired) electrons. The van der Waals surface area contributed by atoms with Crippen LogP contribution in [0.1, 0.15) is 18.0 Å². The summed E-state index contributed by atoms with van der Waals surface area (Å²) in [5.74, 6) is 0. The first-order valence-electron chi connectivity index (χ1n) is 4.06. The highest BCUT2D eigenvalue weighted by Gasteiger charge is 2.12. The molecule has 2 nitrogen and oxygen atoms in total. The highest BCUT2D eigenvalue weighted by molar-refractivity contribution is 6.36. The lowest BCUT2D eigenvalue weighted by Gasteiger charge is -2.13. The van der Waals surface area contributed by atoms with Crippen LogP contribution in [0.3, 0.4) is 0 Å². The van der Waals surface area contributed by atoms with Crippen LogP contribution in [-0.2, 0) is 0 Å². The van der Waals surface area contributed by atoms with Gasteiger partial charge in [0.15, 0.2) is 0 Å². The van der Waals surface area contributed by atoms with E-state index in [2.05, 4.69) is 0 Å². The smallest absolute Gasteiger partial charge is 0.0468 e. The topological polar surface area (TPSA) is 52.0 Å². The molecule has 0 aromatic heterocycles. The van der Waals surface area contributed by atoms with Crippen molar-refractivity contribution in [1.82, 2.24) is 0 Å². The molecule has 1 aromatic carbocycles. The summed E-state index contributed by atoms with van der Waals surface area (Å²) in [6.45, 7) is 0.530. The van der Waals surface area contributed by atoms with E-state index in [4.69, 9.17) is 34.7 Å². The molecule has 0 aliphatic heterocycles. The molecule has 0 spiro atoms. The standard InChI is InChI=1S/C9H12Cl2N2/c10-6-2-1-3-7(11)9(6)8(13)4-5-12/h1-3,8H,4-5,12-13H2/t8-/m0/s1. The second kappa shape index (κ2) is 4.82. The molecule has 0 aliphatic rings. The van der Waals surface area contributed by atoms with E-state index in [1.807, 2.05) is 0 Å². The summed E-state index contributed by atoms with van der Waals surface area (Å²) in [4.78, 5) is 0. The van der Waals surface area contributed by atoms with E-state index in [0.29, 0.717) is 23.0 Å². The number of rotatable bonds is 3. The van der Waals surface area contributed by atoms with Crippen LogP contribution < -0.4 is 11.5 Å². The summed E-state index contributed by atoms with van der Waals surface area (Å²) in [5.41, 5.74) is 12.0. The first-order valence-corrected chi connectivity index (χ1v) is 4.82. The Hall–Kier alpha value is -0.280. The van der Waals surface area contributed by atoms with E-state index in [9.17, 15) is 0 Å². The van der Waals surface area contributed by atoms with Crippen molar-refractivity contribution < 1.29 is 0 Å². The Bertz CT molecular complexity index is 269. The molecule has 4 N–H and O–H groups in total. The summed E-state index contributed by atoms with van der Waals surface area (Å²) in [6.07, 6.45) is 0.684. The first kappa shape index (κ1) is 10.8. The highest BCUT2D eigenvalue weighted by atomic mass is 35.5. The molecule has 0 heterocycles. The fourth-order valence-electron chi connectivity index (χ4n) is 1.19. The number of nitrogens with two attached hydrogens (primary N) is 2. The summed E-state index contributed by atoms with van der Waals surface area (Å²) in [7, 11) is 0. The van der Waals surface area contributed by atoms with Crippen LogP contribution in [0.15, 0.2) is 18.2 Å². The molecule has 1 aromatic rings. The predicted molar refractivity (Wildman–Crippen MR) is 57.1 cm³/mol. The van der Waals surface area contributed by atoms with Crippen molar-refractivity contribution in [1.29, 1.82) is 0 Å². The number of benzene rings is 1. The Morgan fingerprint density at radius 3 is 2.23 bits per heavy atom. The molecule has 0 saturated carbocycles. The van der Waals surface area contributed by atoms with Crippen LogP contribution in [0, 0.1) is 0 Å². The van der Waals surface area contributed by atoms with Gasteiger partial charge < -0.3 is 11.5 Å². The van der Waals surface area contributed by atoms with Gasteiger partial charge in [0.2, 0.25) is 0 Å². The number of hydrogen-bond acceptors (Lipinski definition) is 2.